The molecule has 0 radical (unpaired) electrons. The summed E-state index contributed by atoms with van der Waals surface area (Å²) in [6, 6.07) is 3.95. The van der Waals surface area contributed by atoms with Gasteiger partial charge in [0.2, 0.25) is 0 Å². The van der Waals surface area contributed by atoms with Crippen LogP contribution in [0.15, 0.2) is 18.3 Å². The minimum Gasteiger partial charge on any atom is -0.383 e. The van der Waals surface area contributed by atoms with E-state index in [0.29, 0.717) is 18.3 Å². The molecule has 1 amide bonds. The maximum Gasteiger partial charge on any atom is 0.270 e. The highest BCUT2D eigenvalue weighted by Gasteiger charge is 2.17. The molecule has 1 aromatic rings. The summed E-state index contributed by atoms with van der Waals surface area (Å²) < 4.78 is 4.96. The van der Waals surface area contributed by atoms with Crippen LogP contribution in [-0.2, 0) is 4.74 Å². The van der Waals surface area contributed by atoms with Gasteiger partial charge >= 0.3 is 0 Å². The Morgan fingerprint density at radius 2 is 2.15 bits per heavy atom. The highest BCUT2D eigenvalue weighted by atomic mass is 16.5. The van der Waals surface area contributed by atoms with Crippen LogP contribution in [0.25, 0.3) is 0 Å². The van der Waals surface area contributed by atoms with Crippen LogP contribution >= 0.6 is 0 Å². The number of anilines is 1. The Morgan fingerprint density at radius 1 is 1.35 bits per heavy atom. The van der Waals surface area contributed by atoms with Crippen molar-refractivity contribution in [3.63, 3.8) is 0 Å². The molecule has 0 unspecified atom stereocenters. The SMILES string of the molecule is COCCNc1ccc(C(=O)NC2CCCCC2)nc1. The number of aromatic nitrogens is 1. The second kappa shape index (κ2) is 7.85. The molecule has 0 atom stereocenters. The quantitative estimate of drug-likeness (QED) is 0.783. The van der Waals surface area contributed by atoms with Gasteiger partial charge in [0.1, 0.15) is 5.69 Å². The number of nitrogens with zero attached hydrogens (tertiary/aromatic N) is 1. The van der Waals surface area contributed by atoms with Crippen molar-refractivity contribution in [2.75, 3.05) is 25.6 Å². The van der Waals surface area contributed by atoms with Gasteiger partial charge in [-0.15, -0.1) is 0 Å². The Balaban J connectivity index is 1.83. The van der Waals surface area contributed by atoms with Crippen molar-refractivity contribution < 1.29 is 9.53 Å². The van der Waals surface area contributed by atoms with Gasteiger partial charge < -0.3 is 15.4 Å². The van der Waals surface area contributed by atoms with Gasteiger partial charge in [-0.1, -0.05) is 19.3 Å². The van der Waals surface area contributed by atoms with E-state index in [9.17, 15) is 4.79 Å². The third-order valence-corrected chi connectivity index (χ3v) is 3.57. The number of methoxy groups -OCH3 is 1. The summed E-state index contributed by atoms with van der Waals surface area (Å²) in [7, 11) is 1.67. The first-order valence-electron chi connectivity index (χ1n) is 7.29. The largest absolute Gasteiger partial charge is 0.383 e. The summed E-state index contributed by atoms with van der Waals surface area (Å²) in [5.74, 6) is -0.0691. The van der Waals surface area contributed by atoms with E-state index in [4.69, 9.17) is 4.74 Å². The summed E-state index contributed by atoms with van der Waals surface area (Å²) >= 11 is 0. The molecule has 1 fully saturated rings. The molecule has 1 heterocycles. The van der Waals surface area contributed by atoms with E-state index in [1.807, 2.05) is 6.07 Å². The molecule has 110 valence electrons. The van der Waals surface area contributed by atoms with Gasteiger partial charge in [-0.3, -0.25) is 4.79 Å². The lowest BCUT2D eigenvalue weighted by Gasteiger charge is -2.22. The molecule has 1 saturated carbocycles. The highest BCUT2D eigenvalue weighted by molar-refractivity contribution is 5.92. The third-order valence-electron chi connectivity index (χ3n) is 3.57. The van der Waals surface area contributed by atoms with Gasteiger partial charge in [0.25, 0.3) is 5.91 Å². The molecule has 0 aliphatic heterocycles. The van der Waals surface area contributed by atoms with Crippen LogP contribution in [-0.4, -0.2) is 37.2 Å². The van der Waals surface area contributed by atoms with Gasteiger partial charge in [0, 0.05) is 19.7 Å². The van der Waals surface area contributed by atoms with Crippen LogP contribution in [0, 0.1) is 0 Å². The number of nitrogens with one attached hydrogen (secondary N) is 2. The van der Waals surface area contributed by atoms with Crippen LogP contribution in [0.4, 0.5) is 5.69 Å². The topological polar surface area (TPSA) is 63.2 Å². The van der Waals surface area contributed by atoms with Crippen LogP contribution in [0.2, 0.25) is 0 Å². The fraction of sp³-hybridized carbons (Fsp3) is 0.600. The molecule has 2 N–H and O–H groups in total. The molecule has 0 saturated heterocycles. The molecule has 20 heavy (non-hydrogen) atoms. The molecule has 1 aliphatic carbocycles. The Morgan fingerprint density at radius 3 is 2.80 bits per heavy atom. The Labute approximate surface area is 120 Å². The van der Waals surface area contributed by atoms with Crippen LogP contribution in [0.1, 0.15) is 42.6 Å². The maximum absolute atomic E-state index is 12.1. The molecule has 2 rings (SSSR count). The highest BCUT2D eigenvalue weighted by Crippen LogP contribution is 2.17. The lowest BCUT2D eigenvalue weighted by Crippen LogP contribution is -2.36. The smallest absolute Gasteiger partial charge is 0.270 e. The third kappa shape index (κ3) is 4.49. The van der Waals surface area contributed by atoms with Gasteiger partial charge in [0.15, 0.2) is 0 Å². The monoisotopic (exact) mass is 277 g/mol. The fourth-order valence-electron chi connectivity index (χ4n) is 2.44. The van der Waals surface area contributed by atoms with Crippen molar-refractivity contribution in [3.8, 4) is 0 Å². The van der Waals surface area contributed by atoms with Crippen molar-refractivity contribution in [1.29, 1.82) is 0 Å². The summed E-state index contributed by atoms with van der Waals surface area (Å²) in [5, 5.41) is 6.24. The second-order valence-electron chi connectivity index (χ2n) is 5.16. The number of carbonyl (C=O) groups is 1. The number of hydrogen-bond donors (Lipinski definition) is 2. The standard InChI is InChI=1S/C15H23N3O2/c1-20-10-9-16-13-7-8-14(17-11-13)15(19)18-12-5-3-2-4-6-12/h7-8,11-12,16H,2-6,9-10H2,1H3,(H,18,19). The fourth-order valence-corrected chi connectivity index (χ4v) is 2.44. The van der Waals surface area contributed by atoms with Crippen molar-refractivity contribution in [2.24, 2.45) is 0 Å². The number of hydrogen-bond acceptors (Lipinski definition) is 4. The first-order valence-corrected chi connectivity index (χ1v) is 7.29. The van der Waals surface area contributed by atoms with E-state index in [0.717, 1.165) is 25.1 Å². The van der Waals surface area contributed by atoms with Gasteiger partial charge in [-0.2, -0.15) is 0 Å². The van der Waals surface area contributed by atoms with E-state index in [1.54, 1.807) is 19.4 Å². The van der Waals surface area contributed by atoms with Crippen molar-refractivity contribution in [3.05, 3.63) is 24.0 Å². The zero-order valence-electron chi connectivity index (χ0n) is 12.0. The first-order chi connectivity index (χ1) is 9.79. The maximum atomic E-state index is 12.1. The van der Waals surface area contributed by atoms with Crippen LogP contribution in [0.5, 0.6) is 0 Å². The Kier molecular flexibility index (Phi) is 5.80. The minimum absolute atomic E-state index is 0.0691. The lowest BCUT2D eigenvalue weighted by atomic mass is 9.95. The van der Waals surface area contributed by atoms with Crippen LogP contribution in [0.3, 0.4) is 0 Å². The average Bonchev–Trinajstić information content (AvgIpc) is 2.49. The minimum atomic E-state index is -0.0691. The molecule has 0 aromatic carbocycles. The number of carbonyl (C=O) groups excluding carboxylic acids is 1. The first kappa shape index (κ1) is 14.8. The van der Waals surface area contributed by atoms with E-state index in [2.05, 4.69) is 15.6 Å². The van der Waals surface area contributed by atoms with E-state index in [1.165, 1.54) is 19.3 Å². The number of amides is 1. The number of rotatable bonds is 6. The molecule has 0 spiro atoms. The van der Waals surface area contributed by atoms with Gasteiger partial charge in [0.05, 0.1) is 18.5 Å². The second-order valence-corrected chi connectivity index (χ2v) is 5.16. The molecular weight excluding hydrogens is 254 g/mol. The summed E-state index contributed by atoms with van der Waals surface area (Å²) in [4.78, 5) is 16.3. The summed E-state index contributed by atoms with van der Waals surface area (Å²) in [6.45, 7) is 1.37. The zero-order chi connectivity index (χ0) is 14.2. The van der Waals surface area contributed by atoms with Crippen molar-refractivity contribution in [2.45, 2.75) is 38.1 Å². The Hall–Kier alpha value is -1.62. The van der Waals surface area contributed by atoms with Crippen molar-refractivity contribution in [1.82, 2.24) is 10.3 Å². The molecule has 5 heteroatoms. The van der Waals surface area contributed by atoms with E-state index in [-0.39, 0.29) is 5.91 Å². The molecule has 5 nitrogen and oxygen atoms in total. The number of ether oxygens (including phenoxy) is 1. The normalized spacial score (nSPS) is 15.8. The molecular formula is C15H23N3O2. The summed E-state index contributed by atoms with van der Waals surface area (Å²) in [5.41, 5.74) is 1.38. The van der Waals surface area contributed by atoms with Gasteiger partial charge in [-0.05, 0) is 25.0 Å². The summed E-state index contributed by atoms with van der Waals surface area (Å²) in [6.07, 6.45) is 7.56. The molecule has 1 aliphatic rings. The van der Waals surface area contributed by atoms with E-state index >= 15 is 0 Å². The predicted molar refractivity (Wildman–Crippen MR) is 78.9 cm³/mol. The van der Waals surface area contributed by atoms with Crippen LogP contribution < -0.4 is 10.6 Å². The predicted octanol–water partition coefficient (Wildman–Crippen LogP) is 2.20. The zero-order valence-corrected chi connectivity index (χ0v) is 12.0. The Bertz CT molecular complexity index is 414. The molecule has 0 bridgehead atoms. The lowest BCUT2D eigenvalue weighted by molar-refractivity contribution is 0.0922. The van der Waals surface area contributed by atoms with Gasteiger partial charge in [-0.25, -0.2) is 4.98 Å². The van der Waals surface area contributed by atoms with Crippen molar-refractivity contribution >= 4 is 11.6 Å². The number of pyridine rings is 1. The van der Waals surface area contributed by atoms with E-state index < -0.39 is 0 Å². The average molecular weight is 277 g/mol. The molecule has 1 aromatic heterocycles.